The molecule has 3 unspecified atom stereocenters. The van der Waals surface area contributed by atoms with E-state index < -0.39 is 0 Å². The van der Waals surface area contributed by atoms with Gasteiger partial charge >= 0.3 is 0 Å². The molecule has 0 radical (unpaired) electrons. The highest BCUT2D eigenvalue weighted by Gasteiger charge is 2.26. The molecule has 1 aliphatic rings. The smallest absolute Gasteiger partial charge is 0.119 e. The van der Waals surface area contributed by atoms with Crippen LogP contribution in [0.1, 0.15) is 37.8 Å². The van der Waals surface area contributed by atoms with Crippen molar-refractivity contribution in [3.8, 4) is 5.75 Å². The average molecular weight is 263 g/mol. The van der Waals surface area contributed by atoms with Gasteiger partial charge in [-0.25, -0.2) is 0 Å². The van der Waals surface area contributed by atoms with Crippen molar-refractivity contribution in [2.45, 2.75) is 32.2 Å². The van der Waals surface area contributed by atoms with Gasteiger partial charge in [-0.2, -0.15) is 0 Å². The molecule has 1 aromatic rings. The largest absolute Gasteiger partial charge is 0.497 e. The minimum absolute atomic E-state index is 0.315. The zero-order valence-corrected chi connectivity index (χ0v) is 11.9. The number of benzene rings is 1. The Labute approximate surface area is 116 Å². The Morgan fingerprint density at radius 2 is 2.16 bits per heavy atom. The second-order valence-electron chi connectivity index (χ2n) is 5.54. The SMILES string of the molecule is COc1cccc(C(C)NCC2CCCC2CO)c1. The van der Waals surface area contributed by atoms with Gasteiger partial charge in [0.05, 0.1) is 7.11 Å². The molecule has 0 aromatic heterocycles. The van der Waals surface area contributed by atoms with Crippen LogP contribution in [-0.2, 0) is 0 Å². The van der Waals surface area contributed by atoms with Gasteiger partial charge in [-0.3, -0.25) is 0 Å². The average Bonchev–Trinajstić information content (AvgIpc) is 2.92. The van der Waals surface area contributed by atoms with E-state index in [1.165, 1.54) is 24.8 Å². The zero-order chi connectivity index (χ0) is 13.7. The first-order valence-electron chi connectivity index (χ1n) is 7.22. The van der Waals surface area contributed by atoms with Gasteiger partial charge in [-0.05, 0) is 55.8 Å². The van der Waals surface area contributed by atoms with E-state index in [9.17, 15) is 5.11 Å². The van der Waals surface area contributed by atoms with Crippen molar-refractivity contribution in [1.82, 2.24) is 5.32 Å². The first-order chi connectivity index (χ1) is 9.24. The van der Waals surface area contributed by atoms with Crippen LogP contribution in [0.2, 0.25) is 0 Å². The highest BCUT2D eigenvalue weighted by molar-refractivity contribution is 5.30. The summed E-state index contributed by atoms with van der Waals surface area (Å²) in [5, 5.41) is 12.9. The van der Waals surface area contributed by atoms with Crippen LogP contribution in [0, 0.1) is 11.8 Å². The Kier molecular flexibility index (Phi) is 5.23. The Hall–Kier alpha value is -1.06. The van der Waals surface area contributed by atoms with Gasteiger partial charge in [-0.15, -0.1) is 0 Å². The molecular weight excluding hydrogens is 238 g/mol. The first kappa shape index (κ1) is 14.4. The standard InChI is InChI=1S/C16H25NO2/c1-12(13-5-4-8-16(9-13)19-2)17-10-14-6-3-7-15(14)11-18/h4-5,8-9,12,14-15,17-18H,3,6-7,10-11H2,1-2H3. The Morgan fingerprint density at radius 1 is 1.37 bits per heavy atom. The molecule has 2 N–H and O–H groups in total. The maximum absolute atomic E-state index is 9.34. The summed E-state index contributed by atoms with van der Waals surface area (Å²) in [5.41, 5.74) is 1.25. The van der Waals surface area contributed by atoms with Gasteiger partial charge in [0.15, 0.2) is 0 Å². The van der Waals surface area contributed by atoms with Gasteiger partial charge in [0.2, 0.25) is 0 Å². The summed E-state index contributed by atoms with van der Waals surface area (Å²) in [4.78, 5) is 0. The Balaban J connectivity index is 1.88. The molecule has 1 fully saturated rings. The second kappa shape index (κ2) is 6.92. The topological polar surface area (TPSA) is 41.5 Å². The molecule has 1 saturated carbocycles. The van der Waals surface area contributed by atoms with E-state index in [0.29, 0.717) is 24.5 Å². The number of ether oxygens (including phenoxy) is 1. The summed E-state index contributed by atoms with van der Waals surface area (Å²) in [6.07, 6.45) is 3.67. The molecule has 0 amide bonds. The summed E-state index contributed by atoms with van der Waals surface area (Å²) in [5.74, 6) is 2.02. The van der Waals surface area contributed by atoms with Crippen LogP contribution < -0.4 is 10.1 Å². The lowest BCUT2D eigenvalue weighted by Crippen LogP contribution is -2.28. The zero-order valence-electron chi connectivity index (χ0n) is 11.9. The summed E-state index contributed by atoms with van der Waals surface area (Å²) in [7, 11) is 1.70. The molecule has 19 heavy (non-hydrogen) atoms. The van der Waals surface area contributed by atoms with Crippen LogP contribution in [0.25, 0.3) is 0 Å². The van der Waals surface area contributed by atoms with Crippen LogP contribution in [0.3, 0.4) is 0 Å². The normalized spacial score (nSPS) is 24.4. The van der Waals surface area contributed by atoms with Crippen molar-refractivity contribution in [3.63, 3.8) is 0 Å². The highest BCUT2D eigenvalue weighted by Crippen LogP contribution is 2.31. The molecule has 1 aromatic carbocycles. The summed E-state index contributed by atoms with van der Waals surface area (Å²) in [6, 6.07) is 8.51. The molecule has 0 saturated heterocycles. The Morgan fingerprint density at radius 3 is 2.89 bits per heavy atom. The van der Waals surface area contributed by atoms with Crippen LogP contribution in [0.4, 0.5) is 0 Å². The van der Waals surface area contributed by atoms with Crippen molar-refractivity contribution in [2.24, 2.45) is 11.8 Å². The lowest BCUT2D eigenvalue weighted by Gasteiger charge is -2.21. The van der Waals surface area contributed by atoms with Crippen LogP contribution in [-0.4, -0.2) is 25.4 Å². The van der Waals surface area contributed by atoms with Crippen LogP contribution in [0.5, 0.6) is 5.75 Å². The third-order valence-electron chi connectivity index (χ3n) is 4.33. The van der Waals surface area contributed by atoms with Crippen molar-refractivity contribution >= 4 is 0 Å². The molecule has 106 valence electrons. The van der Waals surface area contributed by atoms with E-state index in [2.05, 4.69) is 24.4 Å². The fourth-order valence-electron chi connectivity index (χ4n) is 2.98. The van der Waals surface area contributed by atoms with Gasteiger partial charge < -0.3 is 15.2 Å². The van der Waals surface area contributed by atoms with Gasteiger partial charge in [0, 0.05) is 12.6 Å². The minimum atomic E-state index is 0.315. The van der Waals surface area contributed by atoms with Crippen molar-refractivity contribution < 1.29 is 9.84 Å². The predicted octanol–water partition coefficient (Wildman–Crippen LogP) is 2.75. The second-order valence-corrected chi connectivity index (χ2v) is 5.54. The Bertz CT molecular complexity index is 394. The third-order valence-corrected chi connectivity index (χ3v) is 4.33. The molecule has 0 heterocycles. The van der Waals surface area contributed by atoms with E-state index >= 15 is 0 Å². The molecule has 0 aliphatic heterocycles. The maximum Gasteiger partial charge on any atom is 0.119 e. The van der Waals surface area contributed by atoms with Crippen molar-refractivity contribution in [1.29, 1.82) is 0 Å². The lowest BCUT2D eigenvalue weighted by molar-refractivity contribution is 0.190. The molecule has 1 aliphatic carbocycles. The summed E-state index contributed by atoms with van der Waals surface area (Å²) in [6.45, 7) is 3.50. The number of hydrogen-bond donors (Lipinski definition) is 2. The molecule has 0 bridgehead atoms. The first-order valence-corrected chi connectivity index (χ1v) is 7.22. The number of aliphatic hydroxyl groups excluding tert-OH is 1. The van der Waals surface area contributed by atoms with Crippen LogP contribution in [0.15, 0.2) is 24.3 Å². The quantitative estimate of drug-likeness (QED) is 0.829. The number of methoxy groups -OCH3 is 1. The lowest BCUT2D eigenvalue weighted by atomic mass is 9.96. The predicted molar refractivity (Wildman–Crippen MR) is 77.3 cm³/mol. The van der Waals surface area contributed by atoms with Gasteiger partial charge in [-0.1, -0.05) is 18.6 Å². The molecular formula is C16H25NO2. The number of aliphatic hydroxyl groups is 1. The van der Waals surface area contributed by atoms with E-state index in [0.717, 1.165) is 12.3 Å². The van der Waals surface area contributed by atoms with Gasteiger partial charge in [0.25, 0.3) is 0 Å². The van der Waals surface area contributed by atoms with Crippen molar-refractivity contribution in [2.75, 3.05) is 20.3 Å². The molecule has 3 nitrogen and oxygen atoms in total. The van der Waals surface area contributed by atoms with E-state index in [1.54, 1.807) is 7.11 Å². The molecule has 0 spiro atoms. The monoisotopic (exact) mass is 263 g/mol. The summed E-state index contributed by atoms with van der Waals surface area (Å²) >= 11 is 0. The maximum atomic E-state index is 9.34. The van der Waals surface area contributed by atoms with Crippen molar-refractivity contribution in [3.05, 3.63) is 29.8 Å². The minimum Gasteiger partial charge on any atom is -0.497 e. The summed E-state index contributed by atoms with van der Waals surface area (Å²) < 4.78 is 5.26. The number of rotatable bonds is 6. The van der Waals surface area contributed by atoms with Gasteiger partial charge in [0.1, 0.15) is 5.75 Å². The fraction of sp³-hybridized carbons (Fsp3) is 0.625. The van der Waals surface area contributed by atoms with E-state index in [1.807, 2.05) is 12.1 Å². The number of hydrogen-bond acceptors (Lipinski definition) is 3. The molecule has 2 rings (SSSR count). The third kappa shape index (κ3) is 3.71. The number of nitrogens with one attached hydrogen (secondary N) is 1. The van der Waals surface area contributed by atoms with E-state index in [4.69, 9.17) is 4.74 Å². The van der Waals surface area contributed by atoms with Crippen LogP contribution >= 0.6 is 0 Å². The molecule has 3 heteroatoms. The fourth-order valence-corrected chi connectivity index (χ4v) is 2.98. The highest BCUT2D eigenvalue weighted by atomic mass is 16.5. The molecule has 3 atom stereocenters. The van der Waals surface area contributed by atoms with E-state index in [-0.39, 0.29) is 0 Å².